The number of nitrogens with one attached hydrogen (secondary N) is 1. The Morgan fingerprint density at radius 2 is 2.05 bits per heavy atom. The topological polar surface area (TPSA) is 51.2 Å². The number of anilines is 1. The first kappa shape index (κ1) is 11.8. The summed E-state index contributed by atoms with van der Waals surface area (Å²) in [6.07, 6.45) is 1.26. The second kappa shape index (κ2) is 4.78. The first-order valence-corrected chi connectivity index (χ1v) is 5.85. The molecule has 0 saturated carbocycles. The first-order chi connectivity index (χ1) is 9.22. The van der Waals surface area contributed by atoms with Gasteiger partial charge in [-0.15, -0.1) is 0 Å². The summed E-state index contributed by atoms with van der Waals surface area (Å²) in [4.78, 5) is 15.3. The standard InChI is InChI=1S/C14H11FN2O2/c15-13-6-9(3-4-16-13)14(18)17-12-2-1-10-7-19-8-11(10)5-12/h1-6H,7-8H2,(H,17,18). The zero-order chi connectivity index (χ0) is 13.2. The molecule has 1 aromatic heterocycles. The van der Waals surface area contributed by atoms with Gasteiger partial charge in [-0.3, -0.25) is 4.79 Å². The highest BCUT2D eigenvalue weighted by Crippen LogP contribution is 2.23. The fraction of sp³-hybridized carbons (Fsp3) is 0.143. The van der Waals surface area contributed by atoms with E-state index in [1.54, 1.807) is 0 Å². The molecule has 0 radical (unpaired) electrons. The lowest BCUT2D eigenvalue weighted by Gasteiger charge is -2.06. The van der Waals surface area contributed by atoms with Gasteiger partial charge in [0.1, 0.15) is 0 Å². The maximum atomic E-state index is 12.9. The zero-order valence-electron chi connectivity index (χ0n) is 10.0. The maximum absolute atomic E-state index is 12.9. The summed E-state index contributed by atoms with van der Waals surface area (Å²) in [5.41, 5.74) is 3.11. The number of hydrogen-bond acceptors (Lipinski definition) is 3. The van der Waals surface area contributed by atoms with Gasteiger partial charge in [0.25, 0.3) is 5.91 Å². The molecular weight excluding hydrogens is 247 g/mol. The quantitative estimate of drug-likeness (QED) is 0.842. The Labute approximate surface area is 109 Å². The van der Waals surface area contributed by atoms with Crippen molar-refractivity contribution in [1.82, 2.24) is 4.98 Å². The Hall–Kier alpha value is -2.27. The molecule has 1 aliphatic heterocycles. The Kier molecular flexibility index (Phi) is 2.97. The van der Waals surface area contributed by atoms with E-state index in [9.17, 15) is 9.18 Å². The maximum Gasteiger partial charge on any atom is 0.255 e. The number of hydrogen-bond donors (Lipinski definition) is 1. The monoisotopic (exact) mass is 258 g/mol. The van der Waals surface area contributed by atoms with Crippen molar-refractivity contribution in [3.05, 3.63) is 59.2 Å². The van der Waals surface area contributed by atoms with E-state index in [4.69, 9.17) is 4.74 Å². The number of nitrogens with zero attached hydrogens (tertiary/aromatic N) is 1. The molecule has 4 nitrogen and oxygen atoms in total. The van der Waals surface area contributed by atoms with Gasteiger partial charge in [-0.1, -0.05) is 6.07 Å². The fourth-order valence-electron chi connectivity index (χ4n) is 2.00. The first-order valence-electron chi connectivity index (χ1n) is 5.85. The van der Waals surface area contributed by atoms with Crippen LogP contribution in [0.25, 0.3) is 0 Å². The summed E-state index contributed by atoms with van der Waals surface area (Å²) in [5.74, 6) is -1.03. The van der Waals surface area contributed by atoms with Crippen LogP contribution in [0.4, 0.5) is 10.1 Å². The van der Waals surface area contributed by atoms with Crippen molar-refractivity contribution in [2.45, 2.75) is 13.2 Å². The molecule has 5 heteroatoms. The summed E-state index contributed by atoms with van der Waals surface area (Å²) in [6.45, 7) is 1.17. The number of benzene rings is 1. The molecule has 3 rings (SSSR count). The molecule has 1 N–H and O–H groups in total. The van der Waals surface area contributed by atoms with Crippen LogP contribution in [0.1, 0.15) is 21.5 Å². The third-order valence-corrected chi connectivity index (χ3v) is 2.97. The minimum Gasteiger partial charge on any atom is -0.372 e. The van der Waals surface area contributed by atoms with E-state index in [-0.39, 0.29) is 11.5 Å². The highest BCUT2D eigenvalue weighted by Gasteiger charge is 2.13. The molecule has 0 aliphatic carbocycles. The van der Waals surface area contributed by atoms with Crippen LogP contribution in [0.15, 0.2) is 36.5 Å². The lowest BCUT2D eigenvalue weighted by atomic mass is 10.1. The van der Waals surface area contributed by atoms with E-state index >= 15 is 0 Å². The molecule has 0 fully saturated rings. The van der Waals surface area contributed by atoms with Crippen LogP contribution in [-0.4, -0.2) is 10.9 Å². The second-order valence-electron chi connectivity index (χ2n) is 4.30. The highest BCUT2D eigenvalue weighted by atomic mass is 19.1. The number of carbonyl (C=O) groups is 1. The fourth-order valence-corrected chi connectivity index (χ4v) is 2.00. The molecule has 0 saturated heterocycles. The van der Waals surface area contributed by atoms with Crippen molar-refractivity contribution in [1.29, 1.82) is 0 Å². The third-order valence-electron chi connectivity index (χ3n) is 2.97. The Morgan fingerprint density at radius 3 is 2.89 bits per heavy atom. The molecule has 0 unspecified atom stereocenters. The van der Waals surface area contributed by atoms with E-state index in [0.29, 0.717) is 18.9 Å². The molecule has 0 spiro atoms. The number of ether oxygens (including phenoxy) is 1. The summed E-state index contributed by atoms with van der Waals surface area (Å²) in [6, 6.07) is 8.17. The van der Waals surface area contributed by atoms with Gasteiger partial charge in [0.2, 0.25) is 5.95 Å². The van der Waals surface area contributed by atoms with Crippen molar-refractivity contribution < 1.29 is 13.9 Å². The molecular formula is C14H11FN2O2. The molecule has 1 aliphatic rings. The lowest BCUT2D eigenvalue weighted by molar-refractivity contribution is 0.102. The predicted molar refractivity (Wildman–Crippen MR) is 67.1 cm³/mol. The van der Waals surface area contributed by atoms with Gasteiger partial charge < -0.3 is 10.1 Å². The molecule has 2 heterocycles. The highest BCUT2D eigenvalue weighted by molar-refractivity contribution is 6.04. The van der Waals surface area contributed by atoms with Gasteiger partial charge in [0.05, 0.1) is 13.2 Å². The summed E-state index contributed by atoms with van der Waals surface area (Å²) < 4.78 is 18.2. The lowest BCUT2D eigenvalue weighted by Crippen LogP contribution is -2.12. The number of rotatable bonds is 2. The van der Waals surface area contributed by atoms with Gasteiger partial charge in [0.15, 0.2) is 0 Å². The third kappa shape index (κ3) is 2.46. The summed E-state index contributed by atoms with van der Waals surface area (Å²) in [5, 5.41) is 2.73. The molecule has 2 aromatic rings. The molecule has 0 bridgehead atoms. The molecule has 1 aromatic carbocycles. The van der Waals surface area contributed by atoms with Crippen molar-refractivity contribution in [3.63, 3.8) is 0 Å². The van der Waals surface area contributed by atoms with E-state index in [1.165, 1.54) is 12.3 Å². The number of carbonyl (C=O) groups excluding carboxylic acids is 1. The zero-order valence-corrected chi connectivity index (χ0v) is 10.0. The van der Waals surface area contributed by atoms with Crippen LogP contribution < -0.4 is 5.32 Å². The van der Waals surface area contributed by atoms with E-state index in [2.05, 4.69) is 10.3 Å². The minimum atomic E-state index is -0.671. The average Bonchev–Trinajstić information content (AvgIpc) is 2.86. The van der Waals surface area contributed by atoms with E-state index in [0.717, 1.165) is 17.2 Å². The summed E-state index contributed by atoms with van der Waals surface area (Å²) in [7, 11) is 0. The van der Waals surface area contributed by atoms with Crippen LogP contribution in [0.5, 0.6) is 0 Å². The number of pyridine rings is 1. The van der Waals surface area contributed by atoms with Gasteiger partial charge >= 0.3 is 0 Å². The minimum absolute atomic E-state index is 0.240. The van der Waals surface area contributed by atoms with Crippen LogP contribution in [0.2, 0.25) is 0 Å². The normalized spacial score (nSPS) is 13.1. The molecule has 1 amide bonds. The molecule has 96 valence electrons. The number of amides is 1. The van der Waals surface area contributed by atoms with Crippen LogP contribution in [0.3, 0.4) is 0 Å². The smallest absolute Gasteiger partial charge is 0.255 e. The van der Waals surface area contributed by atoms with Crippen LogP contribution >= 0.6 is 0 Å². The Bertz CT molecular complexity index is 643. The van der Waals surface area contributed by atoms with Crippen molar-refractivity contribution in [2.24, 2.45) is 0 Å². The average molecular weight is 258 g/mol. The second-order valence-corrected chi connectivity index (χ2v) is 4.30. The van der Waals surface area contributed by atoms with E-state index in [1.807, 2.05) is 18.2 Å². The Morgan fingerprint density at radius 1 is 1.21 bits per heavy atom. The van der Waals surface area contributed by atoms with Crippen molar-refractivity contribution >= 4 is 11.6 Å². The van der Waals surface area contributed by atoms with Crippen molar-refractivity contribution in [2.75, 3.05) is 5.32 Å². The van der Waals surface area contributed by atoms with Gasteiger partial charge in [0, 0.05) is 23.5 Å². The van der Waals surface area contributed by atoms with E-state index < -0.39 is 5.95 Å². The molecule has 0 atom stereocenters. The largest absolute Gasteiger partial charge is 0.372 e. The van der Waals surface area contributed by atoms with Gasteiger partial charge in [-0.25, -0.2) is 4.98 Å². The summed E-state index contributed by atoms with van der Waals surface area (Å²) >= 11 is 0. The van der Waals surface area contributed by atoms with Gasteiger partial charge in [-0.05, 0) is 29.3 Å². The predicted octanol–water partition coefficient (Wildman–Crippen LogP) is 2.50. The number of fused-ring (bicyclic) bond motifs is 1. The van der Waals surface area contributed by atoms with Crippen LogP contribution in [-0.2, 0) is 18.0 Å². The SMILES string of the molecule is O=C(Nc1ccc2c(c1)COC2)c1ccnc(F)c1. The van der Waals surface area contributed by atoms with Gasteiger partial charge in [-0.2, -0.15) is 4.39 Å². The molecule has 19 heavy (non-hydrogen) atoms. The van der Waals surface area contributed by atoms with Crippen LogP contribution in [0, 0.1) is 5.95 Å². The number of halogens is 1. The Balaban J connectivity index is 1.80. The number of aromatic nitrogens is 1. The van der Waals surface area contributed by atoms with Crippen molar-refractivity contribution in [3.8, 4) is 0 Å².